The first-order chi connectivity index (χ1) is 17.0. The molecule has 184 valence electrons. The van der Waals surface area contributed by atoms with E-state index in [9.17, 15) is 9.59 Å². The van der Waals surface area contributed by atoms with Gasteiger partial charge >= 0.3 is 0 Å². The highest BCUT2D eigenvalue weighted by Gasteiger charge is 2.36. The zero-order valence-corrected chi connectivity index (χ0v) is 20.4. The number of para-hydroxylation sites is 1. The molecule has 0 bridgehead atoms. The van der Waals surface area contributed by atoms with Gasteiger partial charge in [-0.25, -0.2) is 0 Å². The lowest BCUT2D eigenvalue weighted by molar-refractivity contribution is -0.133. The molecule has 35 heavy (non-hydrogen) atoms. The van der Waals surface area contributed by atoms with Crippen molar-refractivity contribution in [2.75, 3.05) is 20.1 Å². The predicted octanol–water partition coefficient (Wildman–Crippen LogP) is 4.59. The summed E-state index contributed by atoms with van der Waals surface area (Å²) in [5, 5.41) is 3.99. The Balaban J connectivity index is 1.46. The summed E-state index contributed by atoms with van der Waals surface area (Å²) < 4.78 is 11.6. The minimum absolute atomic E-state index is 0.0291. The monoisotopic (exact) mass is 475 g/mol. The number of rotatable bonds is 9. The Labute approximate surface area is 206 Å². The van der Waals surface area contributed by atoms with Gasteiger partial charge in [-0.2, -0.15) is 0 Å². The highest BCUT2D eigenvalue weighted by Crippen LogP contribution is 2.27. The molecule has 3 aromatic rings. The molecule has 2 aromatic carbocycles. The summed E-state index contributed by atoms with van der Waals surface area (Å²) in [5.74, 6) is 1.21. The average Bonchev–Trinajstić information content (AvgIpc) is 3.34. The van der Waals surface area contributed by atoms with Crippen LogP contribution < -0.4 is 4.74 Å². The van der Waals surface area contributed by atoms with Crippen molar-refractivity contribution in [3.05, 3.63) is 83.7 Å². The topological polar surface area (TPSA) is 75.9 Å². The van der Waals surface area contributed by atoms with Crippen LogP contribution in [0.1, 0.15) is 48.0 Å². The van der Waals surface area contributed by atoms with E-state index in [0.717, 1.165) is 24.2 Å². The second-order valence-corrected chi connectivity index (χ2v) is 9.14. The zero-order chi connectivity index (χ0) is 24.6. The van der Waals surface area contributed by atoms with E-state index in [1.165, 1.54) is 0 Å². The summed E-state index contributed by atoms with van der Waals surface area (Å²) in [6.07, 6.45) is 2.44. The summed E-state index contributed by atoms with van der Waals surface area (Å²) in [6, 6.07) is 21.3. The van der Waals surface area contributed by atoms with E-state index in [2.05, 4.69) is 12.1 Å². The Morgan fingerprint density at radius 1 is 1.11 bits per heavy atom. The maximum atomic E-state index is 13.2. The summed E-state index contributed by atoms with van der Waals surface area (Å²) in [7, 11) is 1.82. The van der Waals surface area contributed by atoms with Crippen molar-refractivity contribution in [2.24, 2.45) is 5.92 Å². The highest BCUT2D eigenvalue weighted by atomic mass is 16.5. The lowest BCUT2D eigenvalue weighted by Gasteiger charge is -2.38. The van der Waals surface area contributed by atoms with Gasteiger partial charge in [0.1, 0.15) is 17.6 Å². The molecule has 0 aliphatic carbocycles. The molecule has 2 heterocycles. The summed E-state index contributed by atoms with van der Waals surface area (Å²) in [4.78, 5) is 29.8. The van der Waals surface area contributed by atoms with Crippen LogP contribution in [0.4, 0.5) is 0 Å². The van der Waals surface area contributed by atoms with Crippen molar-refractivity contribution in [1.29, 1.82) is 0 Å². The Hall–Kier alpha value is -3.61. The van der Waals surface area contributed by atoms with Gasteiger partial charge < -0.3 is 19.1 Å². The molecule has 0 saturated carbocycles. The summed E-state index contributed by atoms with van der Waals surface area (Å²) >= 11 is 0. The third-order valence-corrected chi connectivity index (χ3v) is 6.38. The van der Waals surface area contributed by atoms with Crippen LogP contribution in [0, 0.1) is 5.92 Å². The maximum Gasteiger partial charge on any atom is 0.276 e. The number of hydrogen-bond acceptors (Lipinski definition) is 5. The number of aromatic nitrogens is 1. The standard InChI is InChI=1S/C28H33N3O4/c1-3-10-24-18-25(29-35-24)28(33)31-16-15-26(34-23-13-8-5-9-14-23)22(20-31)17-27(32)30(2)19-21-11-6-4-7-12-21/h4-9,11-14,18,22,26H,3,10,15-17,19-20H2,1-2H3/t22-,26-/m0/s1. The predicted molar refractivity (Wildman–Crippen MR) is 133 cm³/mol. The fourth-order valence-corrected chi connectivity index (χ4v) is 4.49. The van der Waals surface area contributed by atoms with Crippen LogP contribution in [0.15, 0.2) is 71.3 Å². The van der Waals surface area contributed by atoms with Gasteiger partial charge in [0.05, 0.1) is 0 Å². The SMILES string of the molecule is CCCc1cc(C(=O)N2CC[C@H](Oc3ccccc3)[C@@H](CC(=O)N(C)Cc3ccccc3)C2)no1. The van der Waals surface area contributed by atoms with Gasteiger partial charge in [-0.1, -0.05) is 60.6 Å². The van der Waals surface area contributed by atoms with Crippen molar-refractivity contribution >= 4 is 11.8 Å². The van der Waals surface area contributed by atoms with Gasteiger partial charge in [-0.15, -0.1) is 0 Å². The fourth-order valence-electron chi connectivity index (χ4n) is 4.49. The first kappa shape index (κ1) is 24.5. The molecule has 1 fully saturated rings. The van der Waals surface area contributed by atoms with E-state index in [0.29, 0.717) is 43.9 Å². The lowest BCUT2D eigenvalue weighted by atomic mass is 9.90. The molecule has 7 heteroatoms. The number of hydrogen-bond donors (Lipinski definition) is 0. The Morgan fingerprint density at radius 3 is 2.54 bits per heavy atom. The highest BCUT2D eigenvalue weighted by molar-refractivity contribution is 5.92. The van der Waals surface area contributed by atoms with Gasteiger partial charge in [-0.3, -0.25) is 9.59 Å². The van der Waals surface area contributed by atoms with E-state index in [4.69, 9.17) is 9.26 Å². The van der Waals surface area contributed by atoms with Gasteiger partial charge in [-0.05, 0) is 24.1 Å². The largest absolute Gasteiger partial charge is 0.490 e. The quantitative estimate of drug-likeness (QED) is 0.453. The minimum Gasteiger partial charge on any atom is -0.490 e. The number of carbonyl (C=O) groups excluding carboxylic acids is 2. The molecule has 1 saturated heterocycles. The molecule has 1 aliphatic heterocycles. The smallest absolute Gasteiger partial charge is 0.276 e. The second-order valence-electron chi connectivity index (χ2n) is 9.14. The van der Waals surface area contributed by atoms with Crippen LogP contribution in [-0.4, -0.2) is 53.0 Å². The van der Waals surface area contributed by atoms with Crippen LogP contribution in [-0.2, 0) is 17.8 Å². The molecule has 2 atom stereocenters. The van der Waals surface area contributed by atoms with E-state index in [-0.39, 0.29) is 23.8 Å². The number of likely N-dealkylation sites (tertiary alicyclic amines) is 1. The molecule has 4 rings (SSSR count). The zero-order valence-electron chi connectivity index (χ0n) is 20.4. The lowest BCUT2D eigenvalue weighted by Crippen LogP contribution is -2.49. The molecule has 0 spiro atoms. The van der Waals surface area contributed by atoms with Gasteiger partial charge in [0, 0.05) is 57.9 Å². The molecular weight excluding hydrogens is 442 g/mol. The Kier molecular flexibility index (Phi) is 8.19. The number of ether oxygens (including phenoxy) is 1. The fraction of sp³-hybridized carbons (Fsp3) is 0.393. The van der Waals surface area contributed by atoms with Crippen molar-refractivity contribution in [3.63, 3.8) is 0 Å². The van der Waals surface area contributed by atoms with Crippen molar-refractivity contribution in [1.82, 2.24) is 15.0 Å². The number of nitrogens with zero attached hydrogens (tertiary/aromatic N) is 3. The van der Waals surface area contributed by atoms with Crippen LogP contribution >= 0.6 is 0 Å². The number of amides is 2. The van der Waals surface area contributed by atoms with Crippen LogP contribution in [0.3, 0.4) is 0 Å². The van der Waals surface area contributed by atoms with Crippen LogP contribution in [0.25, 0.3) is 0 Å². The molecule has 1 aliphatic rings. The maximum absolute atomic E-state index is 13.2. The third-order valence-electron chi connectivity index (χ3n) is 6.38. The molecule has 0 unspecified atom stereocenters. The number of benzene rings is 2. The Morgan fingerprint density at radius 2 is 1.83 bits per heavy atom. The minimum atomic E-state index is -0.163. The first-order valence-electron chi connectivity index (χ1n) is 12.3. The normalized spacial score (nSPS) is 17.7. The van der Waals surface area contributed by atoms with E-state index < -0.39 is 0 Å². The molecular formula is C28H33N3O4. The molecule has 1 aromatic heterocycles. The summed E-state index contributed by atoms with van der Waals surface area (Å²) in [5.41, 5.74) is 1.40. The van der Waals surface area contributed by atoms with Crippen molar-refractivity contribution in [2.45, 2.75) is 45.3 Å². The van der Waals surface area contributed by atoms with E-state index >= 15 is 0 Å². The van der Waals surface area contributed by atoms with Crippen molar-refractivity contribution in [3.8, 4) is 5.75 Å². The molecule has 7 nitrogen and oxygen atoms in total. The Bertz CT molecular complexity index is 1100. The second kappa shape index (κ2) is 11.7. The van der Waals surface area contributed by atoms with E-state index in [1.54, 1.807) is 15.9 Å². The average molecular weight is 476 g/mol. The molecule has 2 amide bonds. The number of piperidine rings is 1. The van der Waals surface area contributed by atoms with Crippen LogP contribution in [0.2, 0.25) is 0 Å². The molecule has 0 radical (unpaired) electrons. The molecule has 0 N–H and O–H groups in total. The van der Waals surface area contributed by atoms with Gasteiger partial charge in [0.2, 0.25) is 5.91 Å². The number of aryl methyl sites for hydroxylation is 1. The summed E-state index contributed by atoms with van der Waals surface area (Å²) in [6.45, 7) is 3.56. The third kappa shape index (κ3) is 6.50. The van der Waals surface area contributed by atoms with Gasteiger partial charge in [0.25, 0.3) is 5.91 Å². The van der Waals surface area contributed by atoms with Crippen LogP contribution in [0.5, 0.6) is 5.75 Å². The first-order valence-corrected chi connectivity index (χ1v) is 12.3. The van der Waals surface area contributed by atoms with E-state index in [1.807, 2.05) is 67.7 Å². The van der Waals surface area contributed by atoms with Gasteiger partial charge in [0.15, 0.2) is 5.69 Å². The number of carbonyl (C=O) groups is 2. The van der Waals surface area contributed by atoms with Crippen molar-refractivity contribution < 1.29 is 18.8 Å².